The van der Waals surface area contributed by atoms with Gasteiger partial charge in [0.05, 0.1) is 0 Å². The number of hydrogen-bond acceptors (Lipinski definition) is 1. The second kappa shape index (κ2) is 5.40. The van der Waals surface area contributed by atoms with Crippen LogP contribution in [0, 0.1) is 0 Å². The Morgan fingerprint density at radius 1 is 1.09 bits per heavy atom. The van der Waals surface area contributed by atoms with E-state index in [1.807, 2.05) is 6.07 Å². The van der Waals surface area contributed by atoms with Gasteiger partial charge in [-0.05, 0) is 12.1 Å². The molecule has 6 N–H and O–H groups in total. The monoisotopic (exact) mass is 157 g/mol. The van der Waals surface area contributed by atoms with Crippen molar-refractivity contribution in [2.75, 3.05) is 0 Å². The smallest absolute Gasteiger partial charge is 0.248 e. The van der Waals surface area contributed by atoms with E-state index in [2.05, 4.69) is 0 Å². The Labute approximate surface area is 64.3 Å². The second-order valence-corrected chi connectivity index (χ2v) is 1.73. The van der Waals surface area contributed by atoms with Crippen LogP contribution in [0.2, 0.25) is 0 Å². The summed E-state index contributed by atoms with van der Waals surface area (Å²) >= 11 is 0. The molecule has 0 radical (unpaired) electrons. The van der Waals surface area contributed by atoms with E-state index in [1.165, 1.54) is 0 Å². The highest BCUT2D eigenvalue weighted by atomic mass is 16.1. The highest BCUT2D eigenvalue weighted by Gasteiger charge is 1.93. The van der Waals surface area contributed by atoms with Gasteiger partial charge in [-0.15, -0.1) is 0 Å². The number of nitrogens with two attached hydrogens (primary N) is 1. The molecule has 0 atom stereocenters. The fraction of sp³-hybridized carbons (Fsp3) is 0. The number of carbonyl (C=O) groups is 1. The van der Waals surface area contributed by atoms with Crippen LogP contribution in [0.15, 0.2) is 30.3 Å². The second-order valence-electron chi connectivity index (χ2n) is 1.73. The van der Waals surface area contributed by atoms with E-state index in [0.717, 1.165) is 0 Å². The van der Waals surface area contributed by atoms with Crippen LogP contribution in [-0.4, -0.2) is 16.9 Å². The minimum atomic E-state index is -0.379. The average Bonchev–Trinajstić information content (AvgIpc) is 1.90. The van der Waals surface area contributed by atoms with Gasteiger partial charge in [0.15, 0.2) is 0 Å². The summed E-state index contributed by atoms with van der Waals surface area (Å²) in [5.41, 5.74) is 5.53. The van der Waals surface area contributed by atoms with Crippen LogP contribution < -0.4 is 5.73 Å². The maximum absolute atomic E-state index is 10.4. The Hall–Kier alpha value is -1.39. The molecule has 0 unspecified atom stereocenters. The van der Waals surface area contributed by atoms with Gasteiger partial charge in [0.25, 0.3) is 0 Å². The van der Waals surface area contributed by atoms with Crippen molar-refractivity contribution in [3.63, 3.8) is 0 Å². The average molecular weight is 157 g/mol. The van der Waals surface area contributed by atoms with Gasteiger partial charge in [0, 0.05) is 5.56 Å². The van der Waals surface area contributed by atoms with E-state index < -0.39 is 0 Å². The first-order valence-corrected chi connectivity index (χ1v) is 2.65. The van der Waals surface area contributed by atoms with Gasteiger partial charge in [0.1, 0.15) is 0 Å². The highest BCUT2D eigenvalue weighted by molar-refractivity contribution is 5.92. The van der Waals surface area contributed by atoms with Crippen molar-refractivity contribution in [1.29, 1.82) is 0 Å². The lowest BCUT2D eigenvalue weighted by molar-refractivity contribution is 0.100. The largest absolute Gasteiger partial charge is 0.412 e. The Morgan fingerprint density at radius 3 is 1.82 bits per heavy atom. The van der Waals surface area contributed by atoms with Crippen LogP contribution in [0.5, 0.6) is 0 Å². The summed E-state index contributed by atoms with van der Waals surface area (Å²) in [6.07, 6.45) is 0. The standard InChI is InChI=1S/C7H7NO.2H2O/c8-7(9)6-4-2-1-3-5-6;;/h1-5H,(H2,8,9);2*1H2. The van der Waals surface area contributed by atoms with Crippen molar-refractivity contribution in [3.05, 3.63) is 35.9 Å². The Morgan fingerprint density at radius 2 is 1.55 bits per heavy atom. The van der Waals surface area contributed by atoms with Gasteiger partial charge in [-0.3, -0.25) is 4.79 Å². The molecule has 0 saturated carbocycles. The number of benzene rings is 1. The van der Waals surface area contributed by atoms with Crippen molar-refractivity contribution >= 4 is 5.91 Å². The van der Waals surface area contributed by atoms with Crippen molar-refractivity contribution in [1.82, 2.24) is 0 Å². The van der Waals surface area contributed by atoms with Crippen LogP contribution in [0.3, 0.4) is 0 Å². The first-order chi connectivity index (χ1) is 4.30. The first-order valence-electron chi connectivity index (χ1n) is 2.65. The quantitative estimate of drug-likeness (QED) is 0.562. The van der Waals surface area contributed by atoms with Gasteiger partial charge in [0.2, 0.25) is 5.91 Å². The van der Waals surface area contributed by atoms with Crippen LogP contribution in [0.25, 0.3) is 0 Å². The minimum absolute atomic E-state index is 0. The molecule has 11 heavy (non-hydrogen) atoms. The molecule has 1 rings (SSSR count). The molecule has 4 nitrogen and oxygen atoms in total. The molecule has 0 heterocycles. The first kappa shape index (κ1) is 12.3. The van der Waals surface area contributed by atoms with Crippen molar-refractivity contribution < 1.29 is 15.7 Å². The Kier molecular flexibility index (Phi) is 6.04. The van der Waals surface area contributed by atoms with Crippen molar-refractivity contribution in [3.8, 4) is 0 Å². The normalized spacial score (nSPS) is 7.27. The van der Waals surface area contributed by atoms with Gasteiger partial charge in [-0.1, -0.05) is 18.2 Å². The molecule has 4 heteroatoms. The molecule has 0 bridgehead atoms. The lowest BCUT2D eigenvalue weighted by Gasteiger charge is -1.89. The number of carbonyl (C=O) groups excluding carboxylic acids is 1. The van der Waals surface area contributed by atoms with E-state index in [9.17, 15) is 4.79 Å². The number of rotatable bonds is 1. The van der Waals surface area contributed by atoms with E-state index in [1.54, 1.807) is 24.3 Å². The fourth-order valence-electron chi connectivity index (χ4n) is 0.602. The molecule has 0 spiro atoms. The third kappa shape index (κ3) is 3.34. The fourth-order valence-corrected chi connectivity index (χ4v) is 0.602. The van der Waals surface area contributed by atoms with Crippen LogP contribution in [0.1, 0.15) is 10.4 Å². The predicted octanol–water partition coefficient (Wildman–Crippen LogP) is -0.864. The Balaban J connectivity index is 0. The number of hydrogen-bond donors (Lipinski definition) is 1. The van der Waals surface area contributed by atoms with E-state index in [4.69, 9.17) is 5.73 Å². The van der Waals surface area contributed by atoms with E-state index in [0.29, 0.717) is 5.56 Å². The van der Waals surface area contributed by atoms with Crippen molar-refractivity contribution in [2.45, 2.75) is 0 Å². The van der Waals surface area contributed by atoms with Crippen LogP contribution in [-0.2, 0) is 0 Å². The topological polar surface area (TPSA) is 106 Å². The molecular weight excluding hydrogens is 146 g/mol. The van der Waals surface area contributed by atoms with E-state index in [-0.39, 0.29) is 16.9 Å². The summed E-state index contributed by atoms with van der Waals surface area (Å²) in [5, 5.41) is 0. The molecule has 62 valence electrons. The summed E-state index contributed by atoms with van der Waals surface area (Å²) < 4.78 is 0. The van der Waals surface area contributed by atoms with E-state index >= 15 is 0 Å². The molecule has 1 aromatic carbocycles. The minimum Gasteiger partial charge on any atom is -0.412 e. The summed E-state index contributed by atoms with van der Waals surface area (Å²) in [7, 11) is 0. The maximum atomic E-state index is 10.4. The lowest BCUT2D eigenvalue weighted by atomic mass is 10.2. The van der Waals surface area contributed by atoms with Crippen LogP contribution in [0.4, 0.5) is 0 Å². The molecule has 0 aliphatic rings. The maximum Gasteiger partial charge on any atom is 0.248 e. The summed E-state index contributed by atoms with van der Waals surface area (Å²) in [6.45, 7) is 0. The molecule has 1 amide bonds. The van der Waals surface area contributed by atoms with Gasteiger partial charge < -0.3 is 16.7 Å². The highest BCUT2D eigenvalue weighted by Crippen LogP contribution is 1.94. The number of amides is 1. The summed E-state index contributed by atoms with van der Waals surface area (Å²) in [6, 6.07) is 8.76. The lowest BCUT2D eigenvalue weighted by Crippen LogP contribution is -2.09. The summed E-state index contributed by atoms with van der Waals surface area (Å²) in [5.74, 6) is -0.379. The molecule has 0 saturated heterocycles. The summed E-state index contributed by atoms with van der Waals surface area (Å²) in [4.78, 5) is 10.4. The number of primary amides is 1. The molecule has 0 aliphatic heterocycles. The van der Waals surface area contributed by atoms with Crippen molar-refractivity contribution in [2.24, 2.45) is 5.73 Å². The van der Waals surface area contributed by atoms with Gasteiger partial charge in [-0.2, -0.15) is 0 Å². The molecule has 0 aliphatic carbocycles. The zero-order valence-electron chi connectivity index (χ0n) is 5.87. The predicted molar refractivity (Wildman–Crippen MR) is 42.2 cm³/mol. The zero-order valence-corrected chi connectivity index (χ0v) is 5.87. The zero-order chi connectivity index (χ0) is 6.69. The third-order valence-corrected chi connectivity index (χ3v) is 1.06. The molecule has 0 fully saturated rings. The van der Waals surface area contributed by atoms with Gasteiger partial charge in [-0.25, -0.2) is 0 Å². The molecule has 1 aromatic rings. The van der Waals surface area contributed by atoms with Gasteiger partial charge >= 0.3 is 0 Å². The Bertz CT molecular complexity index is 210. The van der Waals surface area contributed by atoms with Crippen LogP contribution >= 0.6 is 0 Å². The molecule has 0 aromatic heterocycles. The SMILES string of the molecule is NC(=O)c1ccccc1.O.O. The third-order valence-electron chi connectivity index (χ3n) is 1.06. The molecular formula is C7H11NO3.